The molecule has 6 heteroatoms. The van der Waals surface area contributed by atoms with Crippen LogP contribution in [0.2, 0.25) is 0 Å². The van der Waals surface area contributed by atoms with E-state index in [0.29, 0.717) is 19.6 Å². The lowest BCUT2D eigenvalue weighted by atomic mass is 9.95. The van der Waals surface area contributed by atoms with Crippen LogP contribution >= 0.6 is 0 Å². The van der Waals surface area contributed by atoms with Crippen LogP contribution in [-0.2, 0) is 11.2 Å². The maximum absolute atomic E-state index is 12.4. The lowest BCUT2D eigenvalue weighted by molar-refractivity contribution is -0.122. The summed E-state index contributed by atoms with van der Waals surface area (Å²) in [6, 6.07) is 17.9. The average molecular weight is 411 g/mol. The van der Waals surface area contributed by atoms with E-state index in [0.717, 1.165) is 23.3 Å². The number of benzene rings is 2. The van der Waals surface area contributed by atoms with E-state index in [9.17, 15) is 15.0 Å². The molecule has 1 spiro atoms. The molecule has 3 N–H and O–H groups in total. The molecule has 2 aromatic carbocycles. The molecule has 4 atom stereocenters. The number of carbonyl (C=O) groups is 1. The molecular formula is C24H30N2O4. The Labute approximate surface area is 177 Å². The zero-order chi connectivity index (χ0) is 21.1. The van der Waals surface area contributed by atoms with Gasteiger partial charge in [-0.25, -0.2) is 0 Å². The summed E-state index contributed by atoms with van der Waals surface area (Å²) in [7, 11) is 1.64. The van der Waals surface area contributed by atoms with Crippen LogP contribution in [0.3, 0.4) is 0 Å². The molecule has 0 radical (unpaired) electrons. The third-order valence-electron chi connectivity index (χ3n) is 6.73. The summed E-state index contributed by atoms with van der Waals surface area (Å²) in [6.45, 7) is 1.98. The number of amides is 1. The Morgan fingerprint density at radius 1 is 1.20 bits per heavy atom. The van der Waals surface area contributed by atoms with Crippen LogP contribution in [0.5, 0.6) is 5.75 Å². The van der Waals surface area contributed by atoms with Crippen molar-refractivity contribution in [2.45, 2.75) is 18.4 Å². The molecule has 1 amide bonds. The lowest BCUT2D eigenvalue weighted by Gasteiger charge is -2.16. The number of methoxy groups -OCH3 is 1. The van der Waals surface area contributed by atoms with E-state index in [4.69, 9.17) is 4.74 Å². The Morgan fingerprint density at radius 3 is 2.60 bits per heavy atom. The summed E-state index contributed by atoms with van der Waals surface area (Å²) < 4.78 is 5.16. The molecule has 1 aliphatic heterocycles. The van der Waals surface area contributed by atoms with Gasteiger partial charge >= 0.3 is 0 Å². The monoisotopic (exact) mass is 410 g/mol. The number of aliphatic hydroxyl groups is 2. The van der Waals surface area contributed by atoms with Crippen LogP contribution in [0, 0.1) is 11.3 Å². The summed E-state index contributed by atoms with van der Waals surface area (Å²) in [6.07, 6.45) is 0.220. The minimum absolute atomic E-state index is 0.0368. The summed E-state index contributed by atoms with van der Waals surface area (Å²) in [4.78, 5) is 14.4. The second kappa shape index (κ2) is 8.76. The third-order valence-corrected chi connectivity index (χ3v) is 6.73. The molecule has 2 aliphatic rings. The Hall–Kier alpha value is -2.41. The van der Waals surface area contributed by atoms with Crippen LogP contribution in [0.25, 0.3) is 0 Å². The van der Waals surface area contributed by atoms with Crippen LogP contribution < -0.4 is 10.1 Å². The van der Waals surface area contributed by atoms with Crippen molar-refractivity contribution in [2.24, 2.45) is 11.3 Å². The van der Waals surface area contributed by atoms with Gasteiger partial charge in [0.25, 0.3) is 0 Å². The van der Waals surface area contributed by atoms with Gasteiger partial charge in [0.2, 0.25) is 5.91 Å². The van der Waals surface area contributed by atoms with Crippen molar-refractivity contribution >= 4 is 5.91 Å². The number of likely N-dealkylation sites (tertiary alicyclic amines) is 1. The van der Waals surface area contributed by atoms with Crippen molar-refractivity contribution in [2.75, 3.05) is 39.9 Å². The highest BCUT2D eigenvalue weighted by Gasteiger charge is 2.70. The van der Waals surface area contributed by atoms with Crippen LogP contribution in [0.15, 0.2) is 54.6 Å². The number of hydrogen-bond acceptors (Lipinski definition) is 5. The second-order valence-corrected chi connectivity index (χ2v) is 8.42. The number of hydrogen-bond donors (Lipinski definition) is 3. The van der Waals surface area contributed by atoms with Gasteiger partial charge in [-0.1, -0.05) is 42.5 Å². The predicted molar refractivity (Wildman–Crippen MR) is 114 cm³/mol. The maximum atomic E-state index is 12.4. The number of carbonyl (C=O) groups excluding carboxylic acids is 1. The fraction of sp³-hybridized carbons (Fsp3) is 0.458. The molecule has 30 heavy (non-hydrogen) atoms. The molecule has 1 aliphatic carbocycles. The number of nitrogens with zero attached hydrogens (tertiary/aromatic N) is 1. The standard InChI is InChI=1S/C24H30N2O4/c1-30-19-9-7-17(8-10-19)11-12-25-22(29)14-26-13-21(28)24(16-26)20(15-27)23(24)18-5-3-2-4-6-18/h2-10,20-21,23,27-28H,11-16H2,1H3,(H,25,29)/t20-,21-,23-,24-/m1/s1. The van der Waals surface area contributed by atoms with Crippen LogP contribution in [-0.4, -0.2) is 67.0 Å². The maximum Gasteiger partial charge on any atom is 0.234 e. The minimum atomic E-state index is -0.535. The number of nitrogens with one attached hydrogen (secondary N) is 1. The van der Waals surface area contributed by atoms with Gasteiger partial charge < -0.3 is 20.3 Å². The van der Waals surface area contributed by atoms with E-state index in [1.165, 1.54) is 0 Å². The topological polar surface area (TPSA) is 82.0 Å². The van der Waals surface area contributed by atoms with E-state index in [1.54, 1.807) is 7.11 Å². The highest BCUT2D eigenvalue weighted by atomic mass is 16.5. The number of ether oxygens (including phenoxy) is 1. The molecule has 0 aromatic heterocycles. The van der Waals surface area contributed by atoms with Crippen molar-refractivity contribution in [3.05, 3.63) is 65.7 Å². The first-order chi connectivity index (χ1) is 14.6. The lowest BCUT2D eigenvalue weighted by Crippen LogP contribution is -2.37. The SMILES string of the molecule is COc1ccc(CCNC(=O)CN2C[C@@H](O)[C@@]3(C2)[C@H](CO)[C@H]3c2ccccc2)cc1. The van der Waals surface area contributed by atoms with Crippen LogP contribution in [0.4, 0.5) is 0 Å². The number of β-amino-alcohol motifs (C(OH)–C–C–N with tert-alkyl or cyclic N) is 1. The zero-order valence-corrected chi connectivity index (χ0v) is 17.3. The summed E-state index contributed by atoms with van der Waals surface area (Å²) in [5.74, 6) is 0.962. The quantitative estimate of drug-likeness (QED) is 0.613. The smallest absolute Gasteiger partial charge is 0.234 e. The van der Waals surface area contributed by atoms with E-state index in [1.807, 2.05) is 47.4 Å². The molecule has 4 rings (SSSR count). The molecule has 0 unspecified atom stereocenters. The van der Waals surface area contributed by atoms with Crippen molar-refractivity contribution < 1.29 is 19.7 Å². The first kappa shape index (κ1) is 20.8. The van der Waals surface area contributed by atoms with Crippen molar-refractivity contribution in [1.29, 1.82) is 0 Å². The molecule has 1 heterocycles. The first-order valence-corrected chi connectivity index (χ1v) is 10.5. The van der Waals surface area contributed by atoms with E-state index < -0.39 is 6.10 Å². The molecule has 1 saturated heterocycles. The van der Waals surface area contributed by atoms with Gasteiger partial charge in [-0.3, -0.25) is 9.69 Å². The molecular weight excluding hydrogens is 380 g/mol. The van der Waals surface area contributed by atoms with Gasteiger partial charge in [0.1, 0.15) is 5.75 Å². The summed E-state index contributed by atoms with van der Waals surface area (Å²) >= 11 is 0. The first-order valence-electron chi connectivity index (χ1n) is 10.5. The average Bonchev–Trinajstić information content (AvgIpc) is 3.31. The molecule has 1 saturated carbocycles. The Bertz CT molecular complexity index is 857. The Balaban J connectivity index is 1.29. The third kappa shape index (κ3) is 3.95. The zero-order valence-electron chi connectivity index (χ0n) is 17.3. The largest absolute Gasteiger partial charge is 0.497 e. The predicted octanol–water partition coefficient (Wildman–Crippen LogP) is 1.42. The van der Waals surface area contributed by atoms with E-state index in [-0.39, 0.29) is 36.3 Å². The van der Waals surface area contributed by atoms with Crippen molar-refractivity contribution in [1.82, 2.24) is 10.2 Å². The van der Waals surface area contributed by atoms with Gasteiger partial charge in [-0.2, -0.15) is 0 Å². The number of aliphatic hydroxyl groups excluding tert-OH is 2. The molecule has 6 nitrogen and oxygen atoms in total. The minimum Gasteiger partial charge on any atom is -0.497 e. The van der Waals surface area contributed by atoms with Crippen LogP contribution in [0.1, 0.15) is 17.0 Å². The van der Waals surface area contributed by atoms with Gasteiger partial charge in [0.05, 0.1) is 19.8 Å². The molecule has 0 bridgehead atoms. The Kier molecular flexibility index (Phi) is 6.09. The van der Waals surface area contributed by atoms with Crippen molar-refractivity contribution in [3.8, 4) is 5.75 Å². The van der Waals surface area contributed by atoms with E-state index >= 15 is 0 Å². The normalized spacial score (nSPS) is 27.9. The number of rotatable bonds is 8. The van der Waals surface area contributed by atoms with Gasteiger partial charge in [0, 0.05) is 31.7 Å². The van der Waals surface area contributed by atoms with E-state index in [2.05, 4.69) is 17.4 Å². The molecule has 2 fully saturated rings. The summed E-state index contributed by atoms with van der Waals surface area (Å²) in [5, 5.41) is 23.7. The fourth-order valence-corrected chi connectivity index (χ4v) is 5.18. The molecule has 2 aromatic rings. The molecule has 160 valence electrons. The highest BCUT2D eigenvalue weighted by Crippen LogP contribution is 2.68. The Morgan fingerprint density at radius 2 is 1.93 bits per heavy atom. The van der Waals surface area contributed by atoms with Crippen molar-refractivity contribution in [3.63, 3.8) is 0 Å². The highest BCUT2D eigenvalue weighted by molar-refractivity contribution is 5.78. The van der Waals surface area contributed by atoms with Gasteiger partial charge in [0.15, 0.2) is 0 Å². The summed E-state index contributed by atoms with van der Waals surface area (Å²) in [5.41, 5.74) is 1.95. The second-order valence-electron chi connectivity index (χ2n) is 8.42. The fourth-order valence-electron chi connectivity index (χ4n) is 5.18. The van der Waals surface area contributed by atoms with Gasteiger partial charge in [-0.05, 0) is 41.5 Å². The van der Waals surface area contributed by atoms with Gasteiger partial charge in [-0.15, -0.1) is 0 Å².